The average molecular weight is 429 g/mol. The first-order chi connectivity index (χ1) is 14.6. The summed E-state index contributed by atoms with van der Waals surface area (Å²) in [5.74, 6) is 0.422. The van der Waals surface area contributed by atoms with Gasteiger partial charge in [-0.3, -0.25) is 0 Å². The van der Waals surface area contributed by atoms with Crippen molar-refractivity contribution in [2.24, 2.45) is 34.5 Å². The molecule has 0 radical (unpaired) electrons. The number of ether oxygens (including phenoxy) is 4. The van der Waals surface area contributed by atoms with Crippen molar-refractivity contribution >= 4 is 0 Å². The van der Waals surface area contributed by atoms with Crippen LogP contribution in [0.4, 0.5) is 0 Å². The first kappa shape index (κ1) is 20.0. The van der Waals surface area contributed by atoms with Crippen molar-refractivity contribution in [3.8, 4) is 0 Å². The van der Waals surface area contributed by atoms with Crippen molar-refractivity contribution in [3.05, 3.63) is 36.7 Å². The first-order valence-corrected chi connectivity index (χ1v) is 12.1. The van der Waals surface area contributed by atoms with E-state index in [4.69, 9.17) is 18.9 Å². The molecule has 0 aromatic rings. The van der Waals surface area contributed by atoms with E-state index in [9.17, 15) is 5.11 Å². The molecule has 0 saturated heterocycles. The lowest BCUT2D eigenvalue weighted by atomic mass is 9.43. The molecule has 31 heavy (non-hydrogen) atoms. The lowest BCUT2D eigenvalue weighted by Gasteiger charge is -2.64. The molecule has 170 valence electrons. The van der Waals surface area contributed by atoms with E-state index in [1.54, 1.807) is 25.0 Å². The molecule has 0 unspecified atom stereocenters. The normalized spacial score (nSPS) is 50.4. The summed E-state index contributed by atoms with van der Waals surface area (Å²) in [5, 5.41) is 12.1. The molecule has 6 aliphatic rings. The highest BCUT2D eigenvalue weighted by Gasteiger charge is 2.69. The number of hydrogen-bond donors (Lipinski definition) is 1. The Kier molecular flexibility index (Phi) is 3.90. The van der Waals surface area contributed by atoms with E-state index in [0.717, 1.165) is 38.5 Å². The molecule has 0 bridgehead atoms. The van der Waals surface area contributed by atoms with Gasteiger partial charge in [-0.15, -0.1) is 0 Å². The SMILES string of the molecule is CC1([C@H]2CC[C@H]3[C@@H]4CC=C5CC6(CC[C@]5(C)[C@H]4[C@@](C)(O)C[C@]23C)OC=CO6)OC=CO1. The molecule has 0 aromatic heterocycles. The minimum absolute atomic E-state index is 0.00930. The van der Waals surface area contributed by atoms with E-state index in [2.05, 4.69) is 33.8 Å². The molecular formula is C26H36O5. The second-order valence-corrected chi connectivity index (χ2v) is 11.9. The zero-order valence-electron chi connectivity index (χ0n) is 19.2. The highest BCUT2D eigenvalue weighted by atomic mass is 16.7. The fourth-order valence-electron chi connectivity index (χ4n) is 9.30. The van der Waals surface area contributed by atoms with Crippen molar-refractivity contribution in [1.82, 2.24) is 0 Å². The highest BCUT2D eigenvalue weighted by Crippen LogP contribution is 2.70. The molecule has 1 N–H and O–H groups in total. The van der Waals surface area contributed by atoms with Crippen LogP contribution in [0.2, 0.25) is 0 Å². The molecular weight excluding hydrogens is 392 g/mol. The summed E-state index contributed by atoms with van der Waals surface area (Å²) in [4.78, 5) is 0. The summed E-state index contributed by atoms with van der Waals surface area (Å²) in [6, 6.07) is 0. The Labute approximate surface area is 185 Å². The number of rotatable bonds is 1. The van der Waals surface area contributed by atoms with Gasteiger partial charge in [0, 0.05) is 25.7 Å². The third-order valence-corrected chi connectivity index (χ3v) is 10.2. The molecule has 5 nitrogen and oxygen atoms in total. The van der Waals surface area contributed by atoms with Crippen LogP contribution in [0.1, 0.15) is 72.6 Å². The van der Waals surface area contributed by atoms with Gasteiger partial charge in [-0.25, -0.2) is 0 Å². The average Bonchev–Trinajstić information content (AvgIpc) is 3.41. The molecule has 1 spiro atoms. The van der Waals surface area contributed by atoms with Crippen LogP contribution in [0.5, 0.6) is 0 Å². The fourth-order valence-corrected chi connectivity index (χ4v) is 9.30. The van der Waals surface area contributed by atoms with Gasteiger partial charge in [0.2, 0.25) is 5.79 Å². The quantitative estimate of drug-likeness (QED) is 0.569. The van der Waals surface area contributed by atoms with Crippen molar-refractivity contribution in [3.63, 3.8) is 0 Å². The molecule has 3 saturated carbocycles. The Morgan fingerprint density at radius 1 is 0.903 bits per heavy atom. The summed E-state index contributed by atoms with van der Waals surface area (Å²) in [6.45, 7) is 8.95. The lowest BCUT2D eigenvalue weighted by Crippen LogP contribution is -2.63. The molecule has 0 aromatic carbocycles. The molecule has 2 heterocycles. The van der Waals surface area contributed by atoms with Gasteiger partial charge in [0.1, 0.15) is 25.0 Å². The fraction of sp³-hybridized carbons (Fsp3) is 0.769. The predicted molar refractivity (Wildman–Crippen MR) is 115 cm³/mol. The van der Waals surface area contributed by atoms with Gasteiger partial charge in [0.05, 0.1) is 5.60 Å². The van der Waals surface area contributed by atoms with Gasteiger partial charge in [-0.2, -0.15) is 0 Å². The maximum Gasteiger partial charge on any atom is 0.253 e. The second-order valence-electron chi connectivity index (χ2n) is 11.9. The summed E-state index contributed by atoms with van der Waals surface area (Å²) >= 11 is 0. The summed E-state index contributed by atoms with van der Waals surface area (Å²) in [5.41, 5.74) is 0.652. The van der Waals surface area contributed by atoms with E-state index in [-0.39, 0.29) is 22.7 Å². The Hall–Kier alpha value is -1.62. The number of hydrogen-bond acceptors (Lipinski definition) is 5. The first-order valence-electron chi connectivity index (χ1n) is 12.1. The Morgan fingerprint density at radius 3 is 2.29 bits per heavy atom. The van der Waals surface area contributed by atoms with E-state index in [1.807, 2.05) is 0 Å². The Balaban J connectivity index is 1.36. The monoisotopic (exact) mass is 428 g/mol. The molecule has 0 amide bonds. The second kappa shape index (κ2) is 6.03. The molecule has 3 fully saturated rings. The van der Waals surface area contributed by atoms with Crippen molar-refractivity contribution < 1.29 is 24.1 Å². The maximum absolute atomic E-state index is 12.1. The zero-order chi connectivity index (χ0) is 21.7. The van der Waals surface area contributed by atoms with Crippen molar-refractivity contribution in [2.45, 2.75) is 89.8 Å². The number of allylic oxidation sites excluding steroid dienone is 1. The summed E-state index contributed by atoms with van der Waals surface area (Å²) in [6.07, 6.45) is 15.9. The standard InChI is InChI=1S/C26H36O5/c1-22-9-10-26(30-13-14-31-26)15-17(22)5-6-18-19-7-8-20(25(4)28-11-12-29-25)23(19,2)16-24(3,27)21(18)22/h5,11-14,18-21,27H,6-10,15-16H2,1-4H3/t18-,19-,20-,21-,22-,23-,24-/m0/s1. The third-order valence-electron chi connectivity index (χ3n) is 10.2. The molecule has 5 heteroatoms. The van der Waals surface area contributed by atoms with E-state index in [0.29, 0.717) is 11.8 Å². The Morgan fingerprint density at radius 2 is 1.58 bits per heavy atom. The highest BCUT2D eigenvalue weighted by molar-refractivity contribution is 5.29. The van der Waals surface area contributed by atoms with Gasteiger partial charge >= 0.3 is 0 Å². The van der Waals surface area contributed by atoms with Gasteiger partial charge in [0.15, 0.2) is 0 Å². The predicted octanol–water partition coefficient (Wildman–Crippen LogP) is 5.37. The smallest absolute Gasteiger partial charge is 0.253 e. The van der Waals surface area contributed by atoms with Crippen molar-refractivity contribution in [1.29, 1.82) is 0 Å². The minimum Gasteiger partial charge on any atom is -0.457 e. The topological polar surface area (TPSA) is 57.2 Å². The maximum atomic E-state index is 12.1. The third kappa shape index (κ3) is 2.53. The van der Waals surface area contributed by atoms with Crippen LogP contribution in [0, 0.1) is 34.5 Å². The molecule has 6 rings (SSSR count). The van der Waals surface area contributed by atoms with Crippen LogP contribution in [-0.4, -0.2) is 22.3 Å². The minimum atomic E-state index is -0.741. The Bertz CT molecular complexity index is 855. The van der Waals surface area contributed by atoms with Crippen LogP contribution in [0.3, 0.4) is 0 Å². The van der Waals surface area contributed by atoms with Crippen LogP contribution in [0.25, 0.3) is 0 Å². The molecule has 2 aliphatic heterocycles. The lowest BCUT2D eigenvalue weighted by molar-refractivity contribution is -0.236. The van der Waals surface area contributed by atoms with Gasteiger partial charge in [0.25, 0.3) is 5.79 Å². The number of aliphatic hydroxyl groups is 1. The molecule has 7 atom stereocenters. The van der Waals surface area contributed by atoms with E-state index in [1.165, 1.54) is 12.0 Å². The van der Waals surface area contributed by atoms with Crippen LogP contribution >= 0.6 is 0 Å². The van der Waals surface area contributed by atoms with Gasteiger partial charge < -0.3 is 24.1 Å². The van der Waals surface area contributed by atoms with E-state index < -0.39 is 17.2 Å². The van der Waals surface area contributed by atoms with E-state index >= 15 is 0 Å². The summed E-state index contributed by atoms with van der Waals surface area (Å²) in [7, 11) is 0. The van der Waals surface area contributed by atoms with Gasteiger partial charge in [-0.05, 0) is 67.6 Å². The van der Waals surface area contributed by atoms with Crippen LogP contribution in [0.15, 0.2) is 36.7 Å². The zero-order valence-corrected chi connectivity index (χ0v) is 19.2. The summed E-state index contributed by atoms with van der Waals surface area (Å²) < 4.78 is 23.7. The van der Waals surface area contributed by atoms with Crippen molar-refractivity contribution in [2.75, 3.05) is 0 Å². The molecule has 4 aliphatic carbocycles. The number of fused-ring (bicyclic) bond motifs is 5. The van der Waals surface area contributed by atoms with Crippen LogP contribution in [-0.2, 0) is 18.9 Å². The van der Waals surface area contributed by atoms with Crippen LogP contribution < -0.4 is 0 Å². The largest absolute Gasteiger partial charge is 0.457 e. The van der Waals surface area contributed by atoms with Gasteiger partial charge in [-0.1, -0.05) is 25.5 Å².